The second-order valence-corrected chi connectivity index (χ2v) is 5.17. The van der Waals surface area contributed by atoms with E-state index in [-0.39, 0.29) is 6.04 Å². The molecule has 0 heterocycles. The molecular weight excluding hydrogens is 230 g/mol. The van der Waals surface area contributed by atoms with E-state index in [1.54, 1.807) is 21.0 Å². The van der Waals surface area contributed by atoms with Crippen LogP contribution in [0.5, 0.6) is 5.75 Å². The summed E-state index contributed by atoms with van der Waals surface area (Å²) >= 11 is 0. The molecule has 1 atom stereocenters. The molecule has 0 fully saturated rings. The SMILES string of the molecule is COc1ccc(C(N(C)C)C(C)(C)C(=O)O)cc1. The summed E-state index contributed by atoms with van der Waals surface area (Å²) in [5.41, 5.74) is 0.103. The number of hydrogen-bond donors (Lipinski definition) is 1. The van der Waals surface area contributed by atoms with E-state index in [4.69, 9.17) is 4.74 Å². The Morgan fingerprint density at radius 3 is 2.11 bits per heavy atom. The monoisotopic (exact) mass is 251 g/mol. The number of carbonyl (C=O) groups is 1. The van der Waals surface area contributed by atoms with Gasteiger partial charge in [0.2, 0.25) is 0 Å². The van der Waals surface area contributed by atoms with E-state index in [0.29, 0.717) is 0 Å². The third-order valence-corrected chi connectivity index (χ3v) is 3.18. The summed E-state index contributed by atoms with van der Waals surface area (Å²) in [6.07, 6.45) is 0. The quantitative estimate of drug-likeness (QED) is 0.873. The summed E-state index contributed by atoms with van der Waals surface area (Å²) in [5.74, 6) is -0.0404. The first-order chi connectivity index (χ1) is 8.30. The van der Waals surface area contributed by atoms with Crippen molar-refractivity contribution in [1.82, 2.24) is 4.90 Å². The minimum Gasteiger partial charge on any atom is -0.497 e. The Kier molecular flexibility index (Phi) is 4.35. The first-order valence-corrected chi connectivity index (χ1v) is 5.84. The molecule has 0 amide bonds. The van der Waals surface area contributed by atoms with Gasteiger partial charge in [-0.05, 0) is 45.6 Å². The molecule has 100 valence electrons. The normalized spacial score (nSPS) is 13.4. The second-order valence-electron chi connectivity index (χ2n) is 5.17. The zero-order chi connectivity index (χ0) is 13.9. The molecule has 0 aliphatic rings. The van der Waals surface area contributed by atoms with E-state index in [1.165, 1.54) is 0 Å². The Bertz CT molecular complexity index is 410. The summed E-state index contributed by atoms with van der Waals surface area (Å²) in [6.45, 7) is 3.48. The van der Waals surface area contributed by atoms with E-state index in [9.17, 15) is 9.90 Å². The number of rotatable bonds is 5. The molecule has 4 heteroatoms. The van der Waals surface area contributed by atoms with Crippen LogP contribution in [0.4, 0.5) is 0 Å². The average Bonchev–Trinajstić information content (AvgIpc) is 2.29. The van der Waals surface area contributed by atoms with E-state index >= 15 is 0 Å². The summed E-state index contributed by atoms with van der Waals surface area (Å²) in [6, 6.07) is 7.33. The van der Waals surface area contributed by atoms with Gasteiger partial charge in [0.15, 0.2) is 0 Å². The van der Waals surface area contributed by atoms with Gasteiger partial charge in [-0.15, -0.1) is 0 Å². The topological polar surface area (TPSA) is 49.8 Å². The van der Waals surface area contributed by atoms with Crippen LogP contribution in [0.1, 0.15) is 25.5 Å². The molecule has 0 aromatic heterocycles. The first-order valence-electron chi connectivity index (χ1n) is 5.84. The highest BCUT2D eigenvalue weighted by Crippen LogP contribution is 2.37. The molecular formula is C14H21NO3. The smallest absolute Gasteiger partial charge is 0.311 e. The van der Waals surface area contributed by atoms with Crippen molar-refractivity contribution in [3.63, 3.8) is 0 Å². The zero-order valence-electron chi connectivity index (χ0n) is 11.6. The van der Waals surface area contributed by atoms with Crippen LogP contribution in [0, 0.1) is 5.41 Å². The first kappa shape index (κ1) is 14.5. The van der Waals surface area contributed by atoms with Gasteiger partial charge < -0.3 is 14.7 Å². The third kappa shape index (κ3) is 2.82. The van der Waals surface area contributed by atoms with Gasteiger partial charge in [0.05, 0.1) is 12.5 Å². The number of methoxy groups -OCH3 is 1. The van der Waals surface area contributed by atoms with Crippen molar-refractivity contribution in [2.75, 3.05) is 21.2 Å². The molecule has 1 rings (SSSR count). The molecule has 1 aromatic carbocycles. The fourth-order valence-corrected chi connectivity index (χ4v) is 2.26. The van der Waals surface area contributed by atoms with Crippen molar-refractivity contribution < 1.29 is 14.6 Å². The standard InChI is InChI=1S/C14H21NO3/c1-14(2,13(16)17)12(15(3)4)10-6-8-11(18-5)9-7-10/h6-9,12H,1-5H3,(H,16,17). The number of benzene rings is 1. The molecule has 0 saturated carbocycles. The maximum Gasteiger partial charge on any atom is 0.311 e. The number of carboxylic acid groups (broad SMARTS) is 1. The Balaban J connectivity index is 3.16. The van der Waals surface area contributed by atoms with E-state index < -0.39 is 11.4 Å². The van der Waals surface area contributed by atoms with Crippen LogP contribution in [0.2, 0.25) is 0 Å². The van der Waals surface area contributed by atoms with Crippen LogP contribution in [0.15, 0.2) is 24.3 Å². The Morgan fingerprint density at radius 2 is 1.78 bits per heavy atom. The van der Waals surface area contributed by atoms with Crippen molar-refractivity contribution in [2.24, 2.45) is 5.41 Å². The van der Waals surface area contributed by atoms with Gasteiger partial charge >= 0.3 is 5.97 Å². The van der Waals surface area contributed by atoms with Crippen LogP contribution >= 0.6 is 0 Å². The molecule has 1 N–H and O–H groups in total. The highest BCUT2D eigenvalue weighted by molar-refractivity contribution is 5.75. The van der Waals surface area contributed by atoms with Crippen LogP contribution in [0.3, 0.4) is 0 Å². The fraction of sp³-hybridized carbons (Fsp3) is 0.500. The van der Waals surface area contributed by atoms with Gasteiger partial charge in [-0.3, -0.25) is 4.79 Å². The molecule has 0 radical (unpaired) electrons. The van der Waals surface area contributed by atoms with Crippen LogP contribution in [-0.4, -0.2) is 37.2 Å². The van der Waals surface area contributed by atoms with Gasteiger partial charge in [-0.1, -0.05) is 12.1 Å². The highest BCUT2D eigenvalue weighted by atomic mass is 16.5. The molecule has 0 aliphatic heterocycles. The van der Waals surface area contributed by atoms with Crippen molar-refractivity contribution in [3.8, 4) is 5.75 Å². The minimum absolute atomic E-state index is 0.194. The van der Waals surface area contributed by atoms with Crippen molar-refractivity contribution in [3.05, 3.63) is 29.8 Å². The Hall–Kier alpha value is -1.55. The van der Waals surface area contributed by atoms with Crippen molar-refractivity contribution >= 4 is 5.97 Å². The van der Waals surface area contributed by atoms with Gasteiger partial charge in [0.25, 0.3) is 0 Å². The number of nitrogens with zero attached hydrogens (tertiary/aromatic N) is 1. The number of aliphatic carboxylic acids is 1. The van der Waals surface area contributed by atoms with E-state index in [1.807, 2.05) is 43.3 Å². The maximum atomic E-state index is 11.4. The van der Waals surface area contributed by atoms with E-state index in [0.717, 1.165) is 11.3 Å². The molecule has 0 bridgehead atoms. The van der Waals surface area contributed by atoms with Crippen molar-refractivity contribution in [1.29, 1.82) is 0 Å². The Morgan fingerprint density at radius 1 is 1.28 bits per heavy atom. The lowest BCUT2D eigenvalue weighted by atomic mass is 9.80. The summed E-state index contributed by atoms with van der Waals surface area (Å²) in [4.78, 5) is 13.3. The highest BCUT2D eigenvalue weighted by Gasteiger charge is 2.39. The summed E-state index contributed by atoms with van der Waals surface area (Å²) in [5, 5.41) is 9.37. The number of hydrogen-bond acceptors (Lipinski definition) is 3. The minimum atomic E-state index is -0.863. The molecule has 4 nitrogen and oxygen atoms in total. The molecule has 1 unspecified atom stereocenters. The van der Waals surface area contributed by atoms with Gasteiger partial charge in [-0.2, -0.15) is 0 Å². The maximum absolute atomic E-state index is 11.4. The molecule has 1 aromatic rings. The van der Waals surface area contributed by atoms with Gasteiger partial charge in [0, 0.05) is 6.04 Å². The lowest BCUT2D eigenvalue weighted by Gasteiger charge is -2.36. The number of carboxylic acids is 1. The lowest BCUT2D eigenvalue weighted by Crippen LogP contribution is -2.39. The molecule has 18 heavy (non-hydrogen) atoms. The summed E-state index contributed by atoms with van der Waals surface area (Å²) < 4.78 is 5.11. The fourth-order valence-electron chi connectivity index (χ4n) is 2.26. The zero-order valence-corrected chi connectivity index (χ0v) is 11.6. The molecule has 0 aliphatic carbocycles. The largest absolute Gasteiger partial charge is 0.497 e. The summed E-state index contributed by atoms with van der Waals surface area (Å²) in [7, 11) is 5.39. The predicted octanol–water partition coefficient (Wildman–Crippen LogP) is 2.41. The van der Waals surface area contributed by atoms with Crippen LogP contribution in [-0.2, 0) is 4.79 Å². The van der Waals surface area contributed by atoms with Gasteiger partial charge in [0.1, 0.15) is 5.75 Å². The lowest BCUT2D eigenvalue weighted by molar-refractivity contribution is -0.150. The average molecular weight is 251 g/mol. The molecule has 0 saturated heterocycles. The number of ether oxygens (including phenoxy) is 1. The second kappa shape index (κ2) is 5.40. The Labute approximate surface area is 108 Å². The molecule has 0 spiro atoms. The third-order valence-electron chi connectivity index (χ3n) is 3.18. The van der Waals surface area contributed by atoms with E-state index in [2.05, 4.69) is 0 Å². The van der Waals surface area contributed by atoms with Gasteiger partial charge in [-0.25, -0.2) is 0 Å². The predicted molar refractivity (Wildman–Crippen MR) is 70.8 cm³/mol. The van der Waals surface area contributed by atoms with Crippen molar-refractivity contribution in [2.45, 2.75) is 19.9 Å². The van der Waals surface area contributed by atoms with Crippen LogP contribution < -0.4 is 4.74 Å². The van der Waals surface area contributed by atoms with Crippen LogP contribution in [0.25, 0.3) is 0 Å².